The van der Waals surface area contributed by atoms with Gasteiger partial charge in [0.2, 0.25) is 5.95 Å². The molecule has 126 valence electrons. The molecule has 0 aromatic carbocycles. The minimum atomic E-state index is 0.534. The van der Waals surface area contributed by atoms with E-state index < -0.39 is 0 Å². The summed E-state index contributed by atoms with van der Waals surface area (Å²) in [6.07, 6.45) is 11.3. The standard InChI is InChI=1S/C17H22N6O/c1-24-15-9-20-17(21-10-15)23-7-3-13-2-6-22(16(13)12-23)11-14-8-18-4-5-19-14/h4-5,8-10,13,16H,2-3,6-7,11-12H2,1H3. The lowest BCUT2D eigenvalue weighted by atomic mass is 9.92. The van der Waals surface area contributed by atoms with Crippen LogP contribution in [-0.4, -0.2) is 57.6 Å². The lowest BCUT2D eigenvalue weighted by Gasteiger charge is -2.38. The van der Waals surface area contributed by atoms with E-state index in [9.17, 15) is 0 Å². The SMILES string of the molecule is COc1cnc(N2CCC3CCN(Cc4cnccn4)C3C2)nc1. The van der Waals surface area contributed by atoms with Gasteiger partial charge in [0.05, 0.1) is 25.2 Å². The number of hydrogen-bond acceptors (Lipinski definition) is 7. The van der Waals surface area contributed by atoms with Crippen LogP contribution < -0.4 is 9.64 Å². The van der Waals surface area contributed by atoms with Crippen LogP contribution >= 0.6 is 0 Å². The van der Waals surface area contributed by atoms with Gasteiger partial charge in [0.25, 0.3) is 0 Å². The number of piperidine rings is 1. The molecule has 7 nitrogen and oxygen atoms in total. The first-order valence-electron chi connectivity index (χ1n) is 8.43. The molecular formula is C17H22N6O. The third-order valence-electron chi connectivity index (χ3n) is 5.09. The van der Waals surface area contributed by atoms with Gasteiger partial charge in [-0.25, -0.2) is 9.97 Å². The highest BCUT2D eigenvalue weighted by molar-refractivity contribution is 5.33. The summed E-state index contributed by atoms with van der Waals surface area (Å²) in [7, 11) is 1.63. The Morgan fingerprint density at radius 3 is 2.67 bits per heavy atom. The van der Waals surface area contributed by atoms with Crippen molar-refractivity contribution in [2.75, 3.05) is 31.6 Å². The maximum Gasteiger partial charge on any atom is 0.225 e. The van der Waals surface area contributed by atoms with E-state index in [1.165, 1.54) is 12.8 Å². The first kappa shape index (κ1) is 15.3. The zero-order valence-corrected chi connectivity index (χ0v) is 13.9. The highest BCUT2D eigenvalue weighted by Crippen LogP contribution is 2.33. The van der Waals surface area contributed by atoms with E-state index in [4.69, 9.17) is 4.74 Å². The molecular weight excluding hydrogens is 304 g/mol. The van der Waals surface area contributed by atoms with Gasteiger partial charge in [-0.05, 0) is 25.3 Å². The molecule has 2 unspecified atom stereocenters. The van der Waals surface area contributed by atoms with Crippen molar-refractivity contribution < 1.29 is 4.74 Å². The summed E-state index contributed by atoms with van der Waals surface area (Å²) in [6, 6.07) is 0.534. The van der Waals surface area contributed by atoms with E-state index in [2.05, 4.69) is 29.7 Å². The van der Waals surface area contributed by atoms with E-state index in [-0.39, 0.29) is 0 Å². The Balaban J connectivity index is 1.46. The van der Waals surface area contributed by atoms with Crippen molar-refractivity contribution in [3.63, 3.8) is 0 Å². The molecule has 4 heterocycles. The van der Waals surface area contributed by atoms with Gasteiger partial charge in [-0.2, -0.15) is 0 Å². The molecule has 2 aliphatic heterocycles. The second kappa shape index (κ2) is 6.68. The molecule has 0 radical (unpaired) electrons. The van der Waals surface area contributed by atoms with Crippen LogP contribution in [0.2, 0.25) is 0 Å². The number of rotatable bonds is 4. The van der Waals surface area contributed by atoms with Crippen LogP contribution in [0.25, 0.3) is 0 Å². The summed E-state index contributed by atoms with van der Waals surface area (Å²) in [5.74, 6) is 2.25. The molecule has 2 aromatic heterocycles. The second-order valence-electron chi connectivity index (χ2n) is 6.44. The average Bonchev–Trinajstić information content (AvgIpc) is 3.05. The smallest absolute Gasteiger partial charge is 0.225 e. The van der Waals surface area contributed by atoms with Gasteiger partial charge in [-0.1, -0.05) is 0 Å². The van der Waals surface area contributed by atoms with Gasteiger partial charge >= 0.3 is 0 Å². The summed E-state index contributed by atoms with van der Waals surface area (Å²) >= 11 is 0. The van der Waals surface area contributed by atoms with Crippen molar-refractivity contribution in [3.8, 4) is 5.75 Å². The predicted octanol–water partition coefficient (Wildman–Crippen LogP) is 1.38. The summed E-state index contributed by atoms with van der Waals surface area (Å²) in [6.45, 7) is 3.99. The molecule has 0 amide bonds. The molecule has 0 N–H and O–H groups in total. The lowest BCUT2D eigenvalue weighted by Crippen LogP contribution is -2.48. The quantitative estimate of drug-likeness (QED) is 0.840. The number of fused-ring (bicyclic) bond motifs is 1. The Labute approximate surface area is 141 Å². The molecule has 0 saturated carbocycles. The van der Waals surface area contributed by atoms with Gasteiger partial charge in [0.15, 0.2) is 5.75 Å². The second-order valence-corrected chi connectivity index (χ2v) is 6.44. The maximum absolute atomic E-state index is 5.14. The maximum atomic E-state index is 5.14. The van der Waals surface area contributed by atoms with Crippen molar-refractivity contribution in [1.29, 1.82) is 0 Å². The van der Waals surface area contributed by atoms with Gasteiger partial charge in [-0.3, -0.25) is 14.9 Å². The Morgan fingerprint density at radius 1 is 1.08 bits per heavy atom. The number of likely N-dealkylation sites (tertiary alicyclic amines) is 1. The van der Waals surface area contributed by atoms with Crippen molar-refractivity contribution in [2.24, 2.45) is 5.92 Å². The molecule has 7 heteroatoms. The van der Waals surface area contributed by atoms with Crippen molar-refractivity contribution in [3.05, 3.63) is 36.7 Å². The molecule has 0 spiro atoms. The number of hydrogen-bond donors (Lipinski definition) is 0. The minimum Gasteiger partial charge on any atom is -0.494 e. The first-order valence-corrected chi connectivity index (χ1v) is 8.43. The summed E-state index contributed by atoms with van der Waals surface area (Å²) in [5.41, 5.74) is 1.04. The molecule has 0 aliphatic carbocycles. The van der Waals surface area contributed by atoms with Crippen LogP contribution in [-0.2, 0) is 6.54 Å². The number of aromatic nitrogens is 4. The predicted molar refractivity (Wildman–Crippen MR) is 89.8 cm³/mol. The highest BCUT2D eigenvalue weighted by atomic mass is 16.5. The van der Waals surface area contributed by atoms with Crippen molar-refractivity contribution in [1.82, 2.24) is 24.8 Å². The van der Waals surface area contributed by atoms with E-state index in [1.54, 1.807) is 31.9 Å². The normalized spacial score (nSPS) is 24.0. The molecule has 2 fully saturated rings. The van der Waals surface area contributed by atoms with Crippen LogP contribution in [0.1, 0.15) is 18.5 Å². The molecule has 2 atom stereocenters. The Hall–Kier alpha value is -2.28. The molecule has 0 bridgehead atoms. The van der Waals surface area contributed by atoms with Crippen LogP contribution in [0.15, 0.2) is 31.0 Å². The van der Waals surface area contributed by atoms with Gasteiger partial charge in [-0.15, -0.1) is 0 Å². The lowest BCUT2D eigenvalue weighted by molar-refractivity contribution is 0.198. The van der Waals surface area contributed by atoms with Crippen molar-refractivity contribution >= 4 is 5.95 Å². The molecule has 2 saturated heterocycles. The number of nitrogens with zero attached hydrogens (tertiary/aromatic N) is 6. The Kier molecular flexibility index (Phi) is 4.25. The Morgan fingerprint density at radius 2 is 1.92 bits per heavy atom. The van der Waals surface area contributed by atoms with E-state index in [0.717, 1.165) is 43.7 Å². The summed E-state index contributed by atoms with van der Waals surface area (Å²) < 4.78 is 5.14. The highest BCUT2D eigenvalue weighted by Gasteiger charge is 2.38. The van der Waals surface area contributed by atoms with Crippen LogP contribution in [0.4, 0.5) is 5.95 Å². The Bertz CT molecular complexity index is 665. The van der Waals surface area contributed by atoms with Crippen LogP contribution in [0.5, 0.6) is 5.75 Å². The van der Waals surface area contributed by atoms with Crippen LogP contribution in [0, 0.1) is 5.92 Å². The molecule has 2 aliphatic rings. The largest absolute Gasteiger partial charge is 0.494 e. The summed E-state index contributed by atoms with van der Waals surface area (Å²) in [4.78, 5) is 22.3. The fourth-order valence-electron chi connectivity index (χ4n) is 3.80. The molecule has 4 rings (SSSR count). The van der Waals surface area contributed by atoms with E-state index in [1.807, 2.05) is 6.20 Å². The fraction of sp³-hybridized carbons (Fsp3) is 0.529. The zero-order chi connectivity index (χ0) is 16.4. The molecule has 24 heavy (non-hydrogen) atoms. The first-order chi connectivity index (χ1) is 11.8. The zero-order valence-electron chi connectivity index (χ0n) is 13.9. The topological polar surface area (TPSA) is 67.3 Å². The number of ether oxygens (including phenoxy) is 1. The third kappa shape index (κ3) is 3.03. The number of anilines is 1. The summed E-state index contributed by atoms with van der Waals surface area (Å²) in [5, 5.41) is 0. The molecule has 2 aromatic rings. The van der Waals surface area contributed by atoms with Gasteiger partial charge in [0, 0.05) is 44.3 Å². The van der Waals surface area contributed by atoms with Crippen LogP contribution in [0.3, 0.4) is 0 Å². The fourth-order valence-corrected chi connectivity index (χ4v) is 3.80. The number of methoxy groups -OCH3 is 1. The third-order valence-corrected chi connectivity index (χ3v) is 5.09. The average molecular weight is 326 g/mol. The van der Waals surface area contributed by atoms with Gasteiger partial charge in [0.1, 0.15) is 0 Å². The van der Waals surface area contributed by atoms with Crippen molar-refractivity contribution in [2.45, 2.75) is 25.4 Å². The minimum absolute atomic E-state index is 0.534. The van der Waals surface area contributed by atoms with E-state index >= 15 is 0 Å². The monoisotopic (exact) mass is 326 g/mol. The van der Waals surface area contributed by atoms with Gasteiger partial charge < -0.3 is 9.64 Å². The van der Waals surface area contributed by atoms with E-state index in [0.29, 0.717) is 11.8 Å².